The van der Waals surface area contributed by atoms with Crippen molar-refractivity contribution in [2.45, 2.75) is 32.9 Å². The second-order valence-corrected chi connectivity index (χ2v) is 6.08. The van der Waals surface area contributed by atoms with Crippen LogP contribution >= 0.6 is 0 Å². The molecule has 22 heavy (non-hydrogen) atoms. The van der Waals surface area contributed by atoms with Gasteiger partial charge in [0.25, 0.3) is 5.91 Å². The Bertz CT molecular complexity index is 653. The summed E-state index contributed by atoms with van der Waals surface area (Å²) in [6.45, 7) is 7.56. The van der Waals surface area contributed by atoms with E-state index in [4.69, 9.17) is 4.42 Å². The van der Waals surface area contributed by atoms with Gasteiger partial charge in [0.15, 0.2) is 17.8 Å². The molecule has 5 heteroatoms. The monoisotopic (exact) mass is 299 g/mol. The molecule has 1 aliphatic heterocycles. The molecule has 2 heterocycles. The molecule has 1 aliphatic rings. The molecule has 1 amide bonds. The Hall–Kier alpha value is -2.14. The highest BCUT2D eigenvalue weighted by atomic mass is 16.3. The summed E-state index contributed by atoms with van der Waals surface area (Å²) >= 11 is 0. The van der Waals surface area contributed by atoms with Crippen LogP contribution < -0.4 is 5.32 Å². The molecule has 3 rings (SSSR count). The van der Waals surface area contributed by atoms with Gasteiger partial charge in [0.1, 0.15) is 0 Å². The van der Waals surface area contributed by atoms with Crippen molar-refractivity contribution in [2.24, 2.45) is 0 Å². The van der Waals surface area contributed by atoms with E-state index in [1.54, 1.807) is 0 Å². The number of nitrogens with one attached hydrogen (secondary N) is 1. The van der Waals surface area contributed by atoms with E-state index in [-0.39, 0.29) is 18.0 Å². The number of benzene rings is 1. The van der Waals surface area contributed by atoms with Crippen molar-refractivity contribution < 1.29 is 9.21 Å². The Morgan fingerprint density at radius 3 is 2.50 bits per heavy atom. The van der Waals surface area contributed by atoms with Crippen LogP contribution in [0.5, 0.6) is 0 Å². The molecule has 0 radical (unpaired) electrons. The van der Waals surface area contributed by atoms with E-state index in [9.17, 15) is 4.79 Å². The summed E-state index contributed by atoms with van der Waals surface area (Å²) in [4.78, 5) is 18.8. The summed E-state index contributed by atoms with van der Waals surface area (Å²) in [6.07, 6.45) is 1.34. The third kappa shape index (κ3) is 2.90. The zero-order valence-electron chi connectivity index (χ0n) is 13.2. The van der Waals surface area contributed by atoms with Crippen LogP contribution in [0.3, 0.4) is 0 Å². The van der Waals surface area contributed by atoms with Gasteiger partial charge in [-0.05, 0) is 20.8 Å². The van der Waals surface area contributed by atoms with Crippen LogP contribution in [0.25, 0.3) is 11.3 Å². The summed E-state index contributed by atoms with van der Waals surface area (Å²) in [5.41, 5.74) is 2.44. The fraction of sp³-hybridized carbons (Fsp3) is 0.412. The van der Waals surface area contributed by atoms with Crippen molar-refractivity contribution in [3.63, 3.8) is 0 Å². The van der Waals surface area contributed by atoms with Crippen LogP contribution in [0.1, 0.15) is 29.9 Å². The van der Waals surface area contributed by atoms with E-state index < -0.39 is 0 Å². The number of oxazole rings is 1. The van der Waals surface area contributed by atoms with Gasteiger partial charge in [-0.25, -0.2) is 4.98 Å². The third-order valence-corrected chi connectivity index (χ3v) is 3.93. The maximum absolute atomic E-state index is 12.8. The smallest absolute Gasteiger partial charge is 0.276 e. The Labute approximate surface area is 130 Å². The summed E-state index contributed by atoms with van der Waals surface area (Å²) in [7, 11) is 0. The fourth-order valence-electron chi connectivity index (χ4n) is 2.95. The number of aryl methyl sites for hydroxylation is 1. The molecular weight excluding hydrogens is 278 g/mol. The Kier molecular flexibility index (Phi) is 3.98. The molecular formula is C17H21N3O2. The molecule has 0 aliphatic carbocycles. The zero-order valence-corrected chi connectivity index (χ0v) is 13.2. The van der Waals surface area contributed by atoms with Gasteiger partial charge in [0.2, 0.25) is 0 Å². The lowest BCUT2D eigenvalue weighted by Crippen LogP contribution is -2.55. The topological polar surface area (TPSA) is 58.4 Å². The van der Waals surface area contributed by atoms with Crippen LogP contribution in [-0.4, -0.2) is 41.0 Å². The van der Waals surface area contributed by atoms with Gasteiger partial charge < -0.3 is 14.6 Å². The number of hydrogen-bond donors (Lipinski definition) is 1. The van der Waals surface area contributed by atoms with Crippen molar-refractivity contribution in [1.29, 1.82) is 0 Å². The van der Waals surface area contributed by atoms with E-state index in [0.717, 1.165) is 5.56 Å². The minimum absolute atomic E-state index is 0.0653. The maximum Gasteiger partial charge on any atom is 0.276 e. The lowest BCUT2D eigenvalue weighted by atomic mass is 10.1. The van der Waals surface area contributed by atoms with Gasteiger partial charge in [-0.3, -0.25) is 4.79 Å². The van der Waals surface area contributed by atoms with Gasteiger partial charge in [0.05, 0.1) is 0 Å². The number of amides is 1. The molecule has 116 valence electrons. The molecule has 5 nitrogen and oxygen atoms in total. The van der Waals surface area contributed by atoms with E-state index in [2.05, 4.69) is 24.1 Å². The molecule has 0 bridgehead atoms. The average molecular weight is 299 g/mol. The fourth-order valence-corrected chi connectivity index (χ4v) is 2.95. The van der Waals surface area contributed by atoms with E-state index in [0.29, 0.717) is 24.5 Å². The molecule has 1 aromatic carbocycles. The molecule has 1 fully saturated rings. The largest absolute Gasteiger partial charge is 0.443 e. The highest BCUT2D eigenvalue weighted by molar-refractivity contribution is 5.97. The lowest BCUT2D eigenvalue weighted by molar-refractivity contribution is 0.0669. The standard InChI is InChI=1S/C17H21N3O2/c1-11-4-6-14(7-5-11)16-15(18-10-22-16)17(21)20-8-12(2)19-13(3)9-20/h4-7,10,12-13,19H,8-9H2,1-3H3/t12-,13-/m0/s1. The van der Waals surface area contributed by atoms with E-state index in [1.807, 2.05) is 36.1 Å². The van der Waals surface area contributed by atoms with Gasteiger partial charge in [-0.1, -0.05) is 29.8 Å². The minimum Gasteiger partial charge on any atom is -0.443 e. The lowest BCUT2D eigenvalue weighted by Gasteiger charge is -2.35. The first-order chi connectivity index (χ1) is 10.5. The first kappa shape index (κ1) is 14.8. The Morgan fingerprint density at radius 1 is 1.23 bits per heavy atom. The predicted molar refractivity (Wildman–Crippen MR) is 84.6 cm³/mol. The zero-order chi connectivity index (χ0) is 15.7. The van der Waals surface area contributed by atoms with E-state index >= 15 is 0 Å². The van der Waals surface area contributed by atoms with Gasteiger partial charge in [-0.2, -0.15) is 0 Å². The minimum atomic E-state index is -0.0653. The van der Waals surface area contributed by atoms with Crippen LogP contribution in [0.15, 0.2) is 35.1 Å². The van der Waals surface area contributed by atoms with Crippen LogP contribution in [0.4, 0.5) is 0 Å². The first-order valence-electron chi connectivity index (χ1n) is 7.60. The molecule has 1 aromatic heterocycles. The third-order valence-electron chi connectivity index (χ3n) is 3.93. The number of carbonyl (C=O) groups is 1. The normalized spacial score (nSPS) is 21.9. The SMILES string of the molecule is Cc1ccc(-c2ocnc2C(=O)N2C[C@H](C)N[C@@H](C)C2)cc1. The highest BCUT2D eigenvalue weighted by Gasteiger charge is 2.29. The number of aromatic nitrogens is 1. The van der Waals surface area contributed by atoms with Gasteiger partial charge >= 0.3 is 0 Å². The van der Waals surface area contributed by atoms with Gasteiger partial charge in [0, 0.05) is 30.7 Å². The van der Waals surface area contributed by atoms with Crippen molar-refractivity contribution >= 4 is 5.91 Å². The number of nitrogens with zero attached hydrogens (tertiary/aromatic N) is 2. The van der Waals surface area contributed by atoms with Crippen LogP contribution in [0.2, 0.25) is 0 Å². The van der Waals surface area contributed by atoms with Crippen molar-refractivity contribution in [2.75, 3.05) is 13.1 Å². The molecule has 2 aromatic rings. The average Bonchev–Trinajstić information content (AvgIpc) is 2.95. The Balaban J connectivity index is 1.88. The number of piperazine rings is 1. The molecule has 2 atom stereocenters. The first-order valence-corrected chi connectivity index (χ1v) is 7.60. The molecule has 0 saturated carbocycles. The van der Waals surface area contributed by atoms with Crippen LogP contribution in [0, 0.1) is 6.92 Å². The van der Waals surface area contributed by atoms with Crippen molar-refractivity contribution in [1.82, 2.24) is 15.2 Å². The maximum atomic E-state index is 12.8. The van der Waals surface area contributed by atoms with E-state index in [1.165, 1.54) is 12.0 Å². The van der Waals surface area contributed by atoms with Gasteiger partial charge in [-0.15, -0.1) is 0 Å². The summed E-state index contributed by atoms with van der Waals surface area (Å²) in [6, 6.07) is 8.47. The van der Waals surface area contributed by atoms with Crippen LogP contribution in [-0.2, 0) is 0 Å². The summed E-state index contributed by atoms with van der Waals surface area (Å²) in [5.74, 6) is 0.480. The summed E-state index contributed by atoms with van der Waals surface area (Å²) in [5, 5.41) is 3.42. The quantitative estimate of drug-likeness (QED) is 0.925. The molecule has 0 unspecified atom stereocenters. The number of hydrogen-bond acceptors (Lipinski definition) is 4. The highest BCUT2D eigenvalue weighted by Crippen LogP contribution is 2.25. The molecule has 0 spiro atoms. The number of rotatable bonds is 2. The van der Waals surface area contributed by atoms with Crippen molar-refractivity contribution in [3.05, 3.63) is 41.9 Å². The molecule has 1 saturated heterocycles. The number of carbonyl (C=O) groups excluding carboxylic acids is 1. The van der Waals surface area contributed by atoms with Crippen molar-refractivity contribution in [3.8, 4) is 11.3 Å². The molecule has 1 N–H and O–H groups in total. The predicted octanol–water partition coefficient (Wildman–Crippen LogP) is 2.47. The summed E-state index contributed by atoms with van der Waals surface area (Å²) < 4.78 is 5.48. The second-order valence-electron chi connectivity index (χ2n) is 6.08. The Morgan fingerprint density at radius 2 is 1.86 bits per heavy atom. The second kappa shape index (κ2) is 5.93.